The average Bonchev–Trinajstić information content (AvgIpc) is 2.19. The van der Waals surface area contributed by atoms with Crippen LogP contribution in [0, 0.1) is 5.82 Å². The Bertz CT molecular complexity index is 462. The highest BCUT2D eigenvalue weighted by Crippen LogP contribution is 2.17. The first-order valence-corrected chi connectivity index (χ1v) is 6.99. The third-order valence-electron chi connectivity index (χ3n) is 2.05. The van der Waals surface area contributed by atoms with Crippen LogP contribution in [-0.2, 0) is 15.6 Å². The van der Waals surface area contributed by atoms with Crippen LogP contribution in [-0.4, -0.2) is 20.7 Å². The van der Waals surface area contributed by atoms with Crippen molar-refractivity contribution in [2.75, 3.05) is 12.3 Å². The van der Waals surface area contributed by atoms with Crippen molar-refractivity contribution in [1.82, 2.24) is 0 Å². The van der Waals surface area contributed by atoms with E-state index in [9.17, 15) is 12.8 Å². The SMILES string of the molecule is NCCCS(=O)(=O)Cc1ccc(Cl)cc1F. The topological polar surface area (TPSA) is 60.2 Å². The fourth-order valence-corrected chi connectivity index (χ4v) is 2.87. The van der Waals surface area contributed by atoms with Gasteiger partial charge in [0, 0.05) is 10.6 Å². The lowest BCUT2D eigenvalue weighted by Crippen LogP contribution is -2.13. The summed E-state index contributed by atoms with van der Waals surface area (Å²) in [7, 11) is -3.30. The second-order valence-electron chi connectivity index (χ2n) is 3.47. The van der Waals surface area contributed by atoms with Crippen molar-refractivity contribution in [3.8, 4) is 0 Å². The Morgan fingerprint density at radius 1 is 1.38 bits per heavy atom. The van der Waals surface area contributed by atoms with Crippen LogP contribution >= 0.6 is 11.6 Å². The van der Waals surface area contributed by atoms with E-state index in [0.717, 1.165) is 6.07 Å². The maximum atomic E-state index is 13.3. The van der Waals surface area contributed by atoms with E-state index in [4.69, 9.17) is 17.3 Å². The zero-order chi connectivity index (χ0) is 12.2. The van der Waals surface area contributed by atoms with E-state index < -0.39 is 15.7 Å². The minimum absolute atomic E-state index is 0.0223. The molecule has 0 amide bonds. The summed E-state index contributed by atoms with van der Waals surface area (Å²) in [6, 6.07) is 3.96. The van der Waals surface area contributed by atoms with Crippen LogP contribution in [0.2, 0.25) is 5.02 Å². The van der Waals surface area contributed by atoms with Crippen molar-refractivity contribution < 1.29 is 12.8 Å². The van der Waals surface area contributed by atoms with Crippen LogP contribution in [0.4, 0.5) is 4.39 Å². The Labute approximate surface area is 99.3 Å². The van der Waals surface area contributed by atoms with Crippen LogP contribution in [0.15, 0.2) is 18.2 Å². The summed E-state index contributed by atoms with van der Waals surface area (Å²) >= 11 is 5.57. The summed E-state index contributed by atoms with van der Waals surface area (Å²) in [5.74, 6) is -0.925. The number of halogens is 2. The highest BCUT2D eigenvalue weighted by molar-refractivity contribution is 7.90. The van der Waals surface area contributed by atoms with Crippen LogP contribution < -0.4 is 5.73 Å². The van der Waals surface area contributed by atoms with Crippen molar-refractivity contribution in [1.29, 1.82) is 0 Å². The largest absolute Gasteiger partial charge is 0.330 e. The van der Waals surface area contributed by atoms with Gasteiger partial charge >= 0.3 is 0 Å². The van der Waals surface area contributed by atoms with Gasteiger partial charge in [0.2, 0.25) is 0 Å². The van der Waals surface area contributed by atoms with E-state index in [1.54, 1.807) is 0 Å². The zero-order valence-corrected chi connectivity index (χ0v) is 10.2. The first-order chi connectivity index (χ1) is 7.44. The molecule has 0 radical (unpaired) electrons. The van der Waals surface area contributed by atoms with Crippen LogP contribution in [0.25, 0.3) is 0 Å². The van der Waals surface area contributed by atoms with Gasteiger partial charge in [-0.2, -0.15) is 0 Å². The normalized spacial score (nSPS) is 11.7. The molecule has 3 nitrogen and oxygen atoms in total. The first kappa shape index (κ1) is 13.4. The Kier molecular flexibility index (Phi) is 4.70. The van der Waals surface area contributed by atoms with Crippen molar-refractivity contribution >= 4 is 21.4 Å². The third-order valence-corrected chi connectivity index (χ3v) is 3.95. The Morgan fingerprint density at radius 2 is 2.06 bits per heavy atom. The molecule has 0 atom stereocenters. The van der Waals surface area contributed by atoms with Gasteiger partial charge in [-0.15, -0.1) is 0 Å². The Balaban J connectivity index is 2.80. The average molecular weight is 266 g/mol. The third kappa shape index (κ3) is 4.08. The summed E-state index contributed by atoms with van der Waals surface area (Å²) in [4.78, 5) is 0. The standard InChI is InChI=1S/C10H13ClFNO2S/c11-9-3-2-8(10(12)6-9)7-16(14,15)5-1-4-13/h2-3,6H,1,4-5,7,13H2. The smallest absolute Gasteiger partial charge is 0.154 e. The van der Waals surface area contributed by atoms with Gasteiger partial charge in [0.1, 0.15) is 5.82 Å². The fourth-order valence-electron chi connectivity index (χ4n) is 1.25. The molecule has 0 fully saturated rings. The molecule has 0 bridgehead atoms. The van der Waals surface area contributed by atoms with Crippen molar-refractivity contribution in [2.24, 2.45) is 5.73 Å². The maximum absolute atomic E-state index is 13.3. The van der Waals surface area contributed by atoms with Gasteiger partial charge in [-0.05, 0) is 25.1 Å². The van der Waals surface area contributed by atoms with E-state index in [-0.39, 0.29) is 22.1 Å². The molecule has 0 heterocycles. The van der Waals surface area contributed by atoms with Crippen molar-refractivity contribution in [3.05, 3.63) is 34.6 Å². The highest BCUT2D eigenvalue weighted by atomic mass is 35.5. The molecule has 0 unspecified atom stereocenters. The highest BCUT2D eigenvalue weighted by Gasteiger charge is 2.14. The second-order valence-corrected chi connectivity index (χ2v) is 6.09. The second kappa shape index (κ2) is 5.61. The van der Waals surface area contributed by atoms with E-state index in [1.807, 2.05) is 0 Å². The number of benzene rings is 1. The molecule has 6 heteroatoms. The molecule has 1 aromatic carbocycles. The molecule has 0 aromatic heterocycles. The van der Waals surface area contributed by atoms with Gasteiger partial charge in [0.25, 0.3) is 0 Å². The molecule has 0 spiro atoms. The molecule has 0 saturated carbocycles. The molecule has 1 aromatic rings. The lowest BCUT2D eigenvalue weighted by Gasteiger charge is -2.05. The predicted octanol–water partition coefficient (Wildman–Crippen LogP) is 1.74. The quantitative estimate of drug-likeness (QED) is 0.882. The van der Waals surface area contributed by atoms with E-state index in [0.29, 0.717) is 13.0 Å². The number of nitrogens with two attached hydrogens (primary N) is 1. The maximum Gasteiger partial charge on any atom is 0.154 e. The van der Waals surface area contributed by atoms with Crippen molar-refractivity contribution in [3.63, 3.8) is 0 Å². The molecular weight excluding hydrogens is 253 g/mol. The van der Waals surface area contributed by atoms with Gasteiger partial charge in [0.15, 0.2) is 9.84 Å². The molecule has 0 aliphatic carbocycles. The number of sulfone groups is 1. The van der Waals surface area contributed by atoms with Crippen LogP contribution in [0.1, 0.15) is 12.0 Å². The van der Waals surface area contributed by atoms with Crippen LogP contribution in [0.3, 0.4) is 0 Å². The summed E-state index contributed by atoms with van der Waals surface area (Å²) in [6.45, 7) is 0.308. The lowest BCUT2D eigenvalue weighted by atomic mass is 10.2. The molecule has 16 heavy (non-hydrogen) atoms. The molecule has 0 aliphatic heterocycles. The first-order valence-electron chi connectivity index (χ1n) is 4.79. The fraction of sp³-hybridized carbons (Fsp3) is 0.400. The Morgan fingerprint density at radius 3 is 2.62 bits per heavy atom. The van der Waals surface area contributed by atoms with Gasteiger partial charge < -0.3 is 5.73 Å². The van der Waals surface area contributed by atoms with E-state index in [2.05, 4.69) is 0 Å². The molecule has 90 valence electrons. The monoisotopic (exact) mass is 265 g/mol. The van der Waals surface area contributed by atoms with Gasteiger partial charge in [-0.25, -0.2) is 12.8 Å². The number of hydrogen-bond donors (Lipinski definition) is 1. The van der Waals surface area contributed by atoms with Gasteiger partial charge in [-0.1, -0.05) is 17.7 Å². The Hall–Kier alpha value is -0.650. The molecule has 0 aliphatic rings. The molecule has 0 saturated heterocycles. The number of rotatable bonds is 5. The predicted molar refractivity (Wildman–Crippen MR) is 62.6 cm³/mol. The minimum atomic E-state index is -3.30. The summed E-state index contributed by atoms with van der Waals surface area (Å²) in [5.41, 5.74) is 5.36. The number of hydrogen-bond acceptors (Lipinski definition) is 3. The van der Waals surface area contributed by atoms with Crippen molar-refractivity contribution in [2.45, 2.75) is 12.2 Å². The molecular formula is C10H13ClFNO2S. The van der Waals surface area contributed by atoms with E-state index >= 15 is 0 Å². The van der Waals surface area contributed by atoms with Gasteiger partial charge in [-0.3, -0.25) is 0 Å². The van der Waals surface area contributed by atoms with Crippen LogP contribution in [0.5, 0.6) is 0 Å². The summed E-state index contributed by atoms with van der Waals surface area (Å²) in [6.07, 6.45) is 0.386. The lowest BCUT2D eigenvalue weighted by molar-refractivity contribution is 0.585. The zero-order valence-electron chi connectivity index (χ0n) is 8.62. The summed E-state index contributed by atoms with van der Waals surface area (Å²) < 4.78 is 36.4. The minimum Gasteiger partial charge on any atom is -0.330 e. The summed E-state index contributed by atoms with van der Waals surface area (Å²) in [5, 5.41) is 0.251. The van der Waals surface area contributed by atoms with Gasteiger partial charge in [0.05, 0.1) is 11.5 Å². The van der Waals surface area contributed by atoms with E-state index in [1.165, 1.54) is 12.1 Å². The molecule has 2 N–H and O–H groups in total. The molecule has 1 rings (SSSR count).